The van der Waals surface area contributed by atoms with Crippen LogP contribution in [0.25, 0.3) is 16.7 Å². The van der Waals surface area contributed by atoms with Gasteiger partial charge in [-0.05, 0) is 61.0 Å². The van der Waals surface area contributed by atoms with Gasteiger partial charge < -0.3 is 5.32 Å². The summed E-state index contributed by atoms with van der Waals surface area (Å²) in [5, 5.41) is 2.46. The van der Waals surface area contributed by atoms with E-state index in [4.69, 9.17) is 0 Å². The first kappa shape index (κ1) is 20.5. The van der Waals surface area contributed by atoms with E-state index in [2.05, 4.69) is 10.3 Å². The summed E-state index contributed by atoms with van der Waals surface area (Å²) in [4.78, 5) is 16.0. The highest BCUT2D eigenvalue weighted by atomic mass is 19.4. The Hall–Kier alpha value is -3.75. The Balaban J connectivity index is 1.68. The minimum Gasteiger partial charge on any atom is -0.322 e. The van der Waals surface area contributed by atoms with Crippen LogP contribution in [0.1, 0.15) is 21.7 Å². The molecule has 158 valence electrons. The quantitative estimate of drug-likeness (QED) is 0.412. The van der Waals surface area contributed by atoms with E-state index in [1.54, 1.807) is 25.1 Å². The Bertz CT molecular complexity index is 1270. The first-order valence-electron chi connectivity index (χ1n) is 9.06. The van der Waals surface area contributed by atoms with Crippen LogP contribution in [-0.4, -0.2) is 15.5 Å². The van der Waals surface area contributed by atoms with Gasteiger partial charge in [-0.3, -0.25) is 9.36 Å². The van der Waals surface area contributed by atoms with Crippen molar-refractivity contribution in [1.82, 2.24) is 9.55 Å². The molecule has 1 amide bonds. The van der Waals surface area contributed by atoms with Crippen molar-refractivity contribution in [3.05, 3.63) is 89.2 Å². The van der Waals surface area contributed by atoms with Gasteiger partial charge in [0.25, 0.3) is 5.91 Å². The van der Waals surface area contributed by atoms with E-state index in [1.807, 2.05) is 0 Å². The van der Waals surface area contributed by atoms with Crippen molar-refractivity contribution in [3.63, 3.8) is 0 Å². The lowest BCUT2D eigenvalue weighted by Gasteiger charge is -2.12. The minimum atomic E-state index is -4.68. The molecule has 0 aliphatic heterocycles. The second kappa shape index (κ2) is 7.50. The second-order valence-electron chi connectivity index (χ2n) is 6.92. The summed E-state index contributed by atoms with van der Waals surface area (Å²) in [5.41, 5.74) is 1.47. The highest BCUT2D eigenvalue weighted by Gasteiger charge is 2.38. The van der Waals surface area contributed by atoms with Crippen molar-refractivity contribution in [1.29, 1.82) is 0 Å². The van der Waals surface area contributed by atoms with Gasteiger partial charge in [-0.2, -0.15) is 13.2 Å². The average Bonchev–Trinajstić information content (AvgIpc) is 3.07. The normalized spacial score (nSPS) is 11.7. The van der Waals surface area contributed by atoms with Crippen molar-refractivity contribution in [3.8, 4) is 5.69 Å². The maximum Gasteiger partial charge on any atom is 0.450 e. The van der Waals surface area contributed by atoms with Gasteiger partial charge in [-0.15, -0.1) is 0 Å². The number of imidazole rings is 1. The Kier molecular flexibility index (Phi) is 4.96. The molecule has 4 rings (SSSR count). The fourth-order valence-electron chi connectivity index (χ4n) is 3.22. The van der Waals surface area contributed by atoms with Crippen LogP contribution in [0.3, 0.4) is 0 Å². The zero-order valence-electron chi connectivity index (χ0n) is 16.0. The lowest BCUT2D eigenvalue weighted by atomic mass is 10.2. The molecule has 9 heteroatoms. The molecular weight excluding hydrogens is 417 g/mol. The number of nitrogens with one attached hydrogen (secondary N) is 1. The number of nitrogens with zero attached hydrogens (tertiary/aromatic N) is 2. The van der Waals surface area contributed by atoms with Crippen LogP contribution in [0.15, 0.2) is 60.7 Å². The molecule has 0 saturated heterocycles. The molecule has 0 spiro atoms. The van der Waals surface area contributed by atoms with Crippen LogP contribution < -0.4 is 5.32 Å². The number of hydrogen-bond acceptors (Lipinski definition) is 2. The van der Waals surface area contributed by atoms with Crippen molar-refractivity contribution >= 4 is 22.6 Å². The predicted molar refractivity (Wildman–Crippen MR) is 105 cm³/mol. The first-order chi connectivity index (χ1) is 14.6. The number of carbonyl (C=O) groups excluding carboxylic acids is 1. The Morgan fingerprint density at radius 2 is 1.58 bits per heavy atom. The molecule has 0 atom stereocenters. The smallest absolute Gasteiger partial charge is 0.322 e. The van der Waals surface area contributed by atoms with E-state index < -0.39 is 29.5 Å². The number of halogens is 5. The maximum atomic E-state index is 13.6. The molecule has 0 unspecified atom stereocenters. The fourth-order valence-corrected chi connectivity index (χ4v) is 3.22. The van der Waals surface area contributed by atoms with Gasteiger partial charge in [0, 0.05) is 23.0 Å². The van der Waals surface area contributed by atoms with Gasteiger partial charge in [-0.1, -0.05) is 6.07 Å². The van der Waals surface area contributed by atoms with Gasteiger partial charge in [0.1, 0.15) is 11.6 Å². The molecule has 0 fully saturated rings. The summed E-state index contributed by atoms with van der Waals surface area (Å²) in [6.07, 6.45) is -4.68. The zero-order valence-corrected chi connectivity index (χ0v) is 16.0. The fraction of sp³-hybridized carbons (Fsp3) is 0.0909. The molecule has 0 saturated carbocycles. The summed E-state index contributed by atoms with van der Waals surface area (Å²) in [5.74, 6) is -3.63. The highest BCUT2D eigenvalue weighted by Crippen LogP contribution is 2.34. The number of carbonyl (C=O) groups is 1. The zero-order chi connectivity index (χ0) is 22.3. The van der Waals surface area contributed by atoms with Crippen LogP contribution in [0.2, 0.25) is 0 Å². The maximum absolute atomic E-state index is 13.6. The Morgan fingerprint density at radius 3 is 2.19 bits per heavy atom. The standard InChI is InChI=1S/C22H14F5N3O/c1-12-2-7-19-18(8-12)29-21(22(25,26)27)30(19)17-5-3-16(4-6-17)28-20(31)13-9-14(23)11-15(24)10-13/h2-11H,1H3,(H,28,31). The molecule has 0 bridgehead atoms. The number of benzene rings is 3. The Labute approximate surface area is 172 Å². The summed E-state index contributed by atoms with van der Waals surface area (Å²) < 4.78 is 68.3. The molecule has 0 aliphatic carbocycles. The third kappa shape index (κ3) is 4.11. The molecule has 3 aromatic carbocycles. The van der Waals surface area contributed by atoms with Gasteiger partial charge in [0.2, 0.25) is 5.82 Å². The van der Waals surface area contributed by atoms with Gasteiger partial charge >= 0.3 is 6.18 Å². The monoisotopic (exact) mass is 431 g/mol. The van der Waals surface area contributed by atoms with Crippen molar-refractivity contribution in [2.45, 2.75) is 13.1 Å². The topological polar surface area (TPSA) is 46.9 Å². The number of alkyl halides is 3. The van der Waals surface area contributed by atoms with Crippen LogP contribution in [0.5, 0.6) is 0 Å². The number of fused-ring (bicyclic) bond motifs is 1. The molecule has 4 aromatic rings. The van der Waals surface area contributed by atoms with E-state index in [1.165, 1.54) is 24.3 Å². The minimum absolute atomic E-state index is 0.188. The molecule has 0 radical (unpaired) electrons. The van der Waals surface area contributed by atoms with Crippen LogP contribution in [0.4, 0.5) is 27.6 Å². The van der Waals surface area contributed by atoms with Crippen molar-refractivity contribution < 1.29 is 26.7 Å². The number of amides is 1. The van der Waals surface area contributed by atoms with E-state index in [-0.39, 0.29) is 28.0 Å². The number of hydrogen-bond donors (Lipinski definition) is 1. The predicted octanol–water partition coefficient (Wildman–Crippen LogP) is 5.88. The molecule has 31 heavy (non-hydrogen) atoms. The SMILES string of the molecule is Cc1ccc2c(c1)nc(C(F)(F)F)n2-c1ccc(NC(=O)c2cc(F)cc(F)c2)cc1. The van der Waals surface area contributed by atoms with Crippen LogP contribution in [-0.2, 0) is 6.18 Å². The molecule has 0 aliphatic rings. The average molecular weight is 431 g/mol. The summed E-state index contributed by atoms with van der Waals surface area (Å²) in [6.45, 7) is 1.76. The molecule has 4 nitrogen and oxygen atoms in total. The van der Waals surface area contributed by atoms with E-state index in [9.17, 15) is 26.7 Å². The largest absolute Gasteiger partial charge is 0.450 e. The molecular formula is C22H14F5N3O. The van der Waals surface area contributed by atoms with E-state index >= 15 is 0 Å². The second-order valence-corrected chi connectivity index (χ2v) is 6.92. The third-order valence-electron chi connectivity index (χ3n) is 4.57. The van der Waals surface area contributed by atoms with Crippen LogP contribution >= 0.6 is 0 Å². The van der Waals surface area contributed by atoms with Gasteiger partial charge in [0.05, 0.1) is 11.0 Å². The summed E-state index contributed by atoms with van der Waals surface area (Å²) >= 11 is 0. The van der Waals surface area contributed by atoms with E-state index in [0.29, 0.717) is 6.07 Å². The van der Waals surface area contributed by atoms with Crippen molar-refractivity contribution in [2.75, 3.05) is 5.32 Å². The Morgan fingerprint density at radius 1 is 0.935 bits per heavy atom. The van der Waals surface area contributed by atoms with Crippen molar-refractivity contribution in [2.24, 2.45) is 0 Å². The summed E-state index contributed by atoms with van der Waals surface area (Å²) in [6, 6.07) is 12.8. The molecule has 1 heterocycles. The number of anilines is 1. The number of rotatable bonds is 3. The third-order valence-corrected chi connectivity index (χ3v) is 4.57. The lowest BCUT2D eigenvalue weighted by molar-refractivity contribution is -0.145. The van der Waals surface area contributed by atoms with Gasteiger partial charge in [-0.25, -0.2) is 13.8 Å². The lowest BCUT2D eigenvalue weighted by Crippen LogP contribution is -2.14. The first-order valence-corrected chi connectivity index (χ1v) is 9.06. The van der Waals surface area contributed by atoms with Crippen LogP contribution in [0, 0.1) is 18.6 Å². The van der Waals surface area contributed by atoms with E-state index in [0.717, 1.165) is 22.3 Å². The number of aromatic nitrogens is 2. The molecule has 1 N–H and O–H groups in total. The number of aryl methyl sites for hydroxylation is 1. The van der Waals surface area contributed by atoms with Gasteiger partial charge in [0.15, 0.2) is 0 Å². The summed E-state index contributed by atoms with van der Waals surface area (Å²) in [7, 11) is 0. The highest BCUT2D eigenvalue weighted by molar-refractivity contribution is 6.04. The molecule has 1 aromatic heterocycles.